The van der Waals surface area contributed by atoms with Crippen LogP contribution in [0.4, 0.5) is 0 Å². The van der Waals surface area contributed by atoms with Crippen LogP contribution in [0.25, 0.3) is 16.6 Å². The molecule has 1 saturated heterocycles. The van der Waals surface area contributed by atoms with Gasteiger partial charge in [-0.3, -0.25) is 4.98 Å². The second kappa shape index (κ2) is 5.94. The fraction of sp³-hybridized carbons (Fsp3) is 0.312. The molecule has 0 amide bonds. The summed E-state index contributed by atoms with van der Waals surface area (Å²) in [5.41, 5.74) is 0.513. The number of hydrogen-bond donors (Lipinski definition) is 2. The molecule has 7 heteroatoms. The number of H-pyrrole nitrogens is 1. The maximum atomic E-state index is 11.8. The van der Waals surface area contributed by atoms with Crippen molar-refractivity contribution in [2.75, 3.05) is 13.1 Å². The van der Waals surface area contributed by atoms with Crippen molar-refractivity contribution in [3.05, 3.63) is 52.8 Å². The molecule has 0 aliphatic carbocycles. The summed E-state index contributed by atoms with van der Waals surface area (Å²) >= 11 is 0. The van der Waals surface area contributed by atoms with E-state index in [-0.39, 0.29) is 11.8 Å². The molecule has 1 unspecified atom stereocenters. The summed E-state index contributed by atoms with van der Waals surface area (Å²) in [7, 11) is 0. The number of benzene rings is 1. The van der Waals surface area contributed by atoms with Crippen molar-refractivity contribution < 1.29 is 4.74 Å². The molecular formula is C16H17N5O2. The third-order valence-corrected chi connectivity index (χ3v) is 4.05. The van der Waals surface area contributed by atoms with Gasteiger partial charge in [0.25, 0.3) is 0 Å². The Morgan fingerprint density at radius 1 is 1.35 bits per heavy atom. The van der Waals surface area contributed by atoms with Gasteiger partial charge in [-0.2, -0.15) is 9.78 Å². The molecule has 1 aliphatic heterocycles. The van der Waals surface area contributed by atoms with Crippen LogP contribution in [0, 0.1) is 0 Å². The molecule has 0 spiro atoms. The largest absolute Gasteiger partial charge is 0.371 e. The summed E-state index contributed by atoms with van der Waals surface area (Å²) in [4.78, 5) is 18.9. The van der Waals surface area contributed by atoms with Crippen LogP contribution in [-0.2, 0) is 11.3 Å². The van der Waals surface area contributed by atoms with Gasteiger partial charge >= 0.3 is 5.69 Å². The van der Waals surface area contributed by atoms with Crippen LogP contribution in [0.15, 0.2) is 41.5 Å². The zero-order valence-electron chi connectivity index (χ0n) is 12.5. The quantitative estimate of drug-likeness (QED) is 0.750. The van der Waals surface area contributed by atoms with Crippen molar-refractivity contribution in [1.29, 1.82) is 0 Å². The second-order valence-electron chi connectivity index (χ2n) is 5.58. The van der Waals surface area contributed by atoms with Gasteiger partial charge in [-0.05, 0) is 24.4 Å². The van der Waals surface area contributed by atoms with E-state index in [1.165, 1.54) is 11.0 Å². The van der Waals surface area contributed by atoms with E-state index >= 15 is 0 Å². The first kappa shape index (κ1) is 14.1. The molecular weight excluding hydrogens is 294 g/mol. The van der Waals surface area contributed by atoms with Crippen LogP contribution in [0.3, 0.4) is 0 Å². The molecule has 4 rings (SSSR count). The number of pyridine rings is 1. The first-order valence-corrected chi connectivity index (χ1v) is 7.65. The average Bonchev–Trinajstić information content (AvgIpc) is 3.23. The predicted molar refractivity (Wildman–Crippen MR) is 85.5 cm³/mol. The number of hydrogen-bond acceptors (Lipinski definition) is 5. The molecule has 3 aromatic rings. The normalized spacial score (nSPS) is 17.8. The molecule has 1 aromatic carbocycles. The zero-order chi connectivity index (χ0) is 15.6. The van der Waals surface area contributed by atoms with Gasteiger partial charge in [-0.25, -0.2) is 9.78 Å². The second-order valence-corrected chi connectivity index (χ2v) is 5.58. The lowest BCUT2D eigenvalue weighted by Crippen LogP contribution is -2.19. The van der Waals surface area contributed by atoms with Gasteiger partial charge in [0, 0.05) is 11.9 Å². The Bertz CT molecular complexity index is 879. The fourth-order valence-corrected chi connectivity index (χ4v) is 2.86. The van der Waals surface area contributed by atoms with Gasteiger partial charge in [-0.1, -0.05) is 24.3 Å². The van der Waals surface area contributed by atoms with Crippen LogP contribution in [0.5, 0.6) is 0 Å². The van der Waals surface area contributed by atoms with Gasteiger partial charge in [0.05, 0.1) is 18.4 Å². The van der Waals surface area contributed by atoms with Gasteiger partial charge in [0.15, 0.2) is 5.82 Å². The smallest absolute Gasteiger partial charge is 0.349 e. The summed E-state index contributed by atoms with van der Waals surface area (Å²) in [6.45, 7) is 2.28. The van der Waals surface area contributed by atoms with Gasteiger partial charge in [0.1, 0.15) is 6.33 Å². The Morgan fingerprint density at radius 2 is 2.26 bits per heavy atom. The van der Waals surface area contributed by atoms with Crippen molar-refractivity contribution in [3.8, 4) is 5.82 Å². The van der Waals surface area contributed by atoms with Crippen molar-refractivity contribution in [2.24, 2.45) is 0 Å². The van der Waals surface area contributed by atoms with Crippen LogP contribution < -0.4 is 11.0 Å². The van der Waals surface area contributed by atoms with E-state index in [4.69, 9.17) is 4.74 Å². The Morgan fingerprint density at radius 3 is 3.04 bits per heavy atom. The Kier molecular flexibility index (Phi) is 3.64. The van der Waals surface area contributed by atoms with E-state index in [1.54, 1.807) is 0 Å². The third kappa shape index (κ3) is 2.76. The Hall–Kier alpha value is -2.51. The minimum absolute atomic E-state index is 0.215. The number of aromatic nitrogens is 4. The van der Waals surface area contributed by atoms with Gasteiger partial charge < -0.3 is 10.1 Å². The highest BCUT2D eigenvalue weighted by Crippen LogP contribution is 2.21. The van der Waals surface area contributed by atoms with Crippen LogP contribution in [0.2, 0.25) is 0 Å². The molecule has 0 saturated carbocycles. The molecule has 7 nitrogen and oxygen atoms in total. The standard InChI is InChI=1S/C16H17N5O2/c22-16-18-10-19-21(16)15-7-11-3-1-2-4-13(11)14(20-15)9-23-12-5-6-17-8-12/h1-4,7,10,12,17H,5-6,8-9H2,(H,18,19,22). The number of nitrogens with one attached hydrogen (secondary N) is 2. The lowest BCUT2D eigenvalue weighted by molar-refractivity contribution is 0.0529. The summed E-state index contributed by atoms with van der Waals surface area (Å²) in [6, 6.07) is 9.82. The predicted octanol–water partition coefficient (Wildman–Crippen LogP) is 0.987. The molecule has 118 valence electrons. The lowest BCUT2D eigenvalue weighted by Gasteiger charge is -2.13. The van der Waals surface area contributed by atoms with E-state index in [1.807, 2.05) is 30.3 Å². The molecule has 2 aromatic heterocycles. The topological polar surface area (TPSA) is 84.8 Å². The van der Waals surface area contributed by atoms with Crippen molar-refractivity contribution in [2.45, 2.75) is 19.1 Å². The fourth-order valence-electron chi connectivity index (χ4n) is 2.86. The zero-order valence-corrected chi connectivity index (χ0v) is 12.5. The van der Waals surface area contributed by atoms with E-state index in [0.29, 0.717) is 12.4 Å². The third-order valence-electron chi connectivity index (χ3n) is 4.05. The van der Waals surface area contributed by atoms with E-state index in [0.717, 1.165) is 36.0 Å². The maximum absolute atomic E-state index is 11.8. The first-order chi connectivity index (χ1) is 11.3. The number of nitrogens with zero attached hydrogens (tertiary/aromatic N) is 3. The average molecular weight is 311 g/mol. The Balaban J connectivity index is 1.74. The molecule has 2 N–H and O–H groups in total. The first-order valence-electron chi connectivity index (χ1n) is 7.65. The molecule has 3 heterocycles. The molecule has 0 radical (unpaired) electrons. The molecule has 1 atom stereocenters. The highest BCUT2D eigenvalue weighted by molar-refractivity contribution is 5.85. The molecule has 23 heavy (non-hydrogen) atoms. The van der Waals surface area contributed by atoms with Crippen LogP contribution >= 0.6 is 0 Å². The maximum Gasteiger partial charge on any atom is 0.349 e. The highest BCUT2D eigenvalue weighted by Gasteiger charge is 2.16. The molecule has 0 bridgehead atoms. The van der Waals surface area contributed by atoms with Crippen LogP contribution in [0.1, 0.15) is 12.1 Å². The highest BCUT2D eigenvalue weighted by atomic mass is 16.5. The van der Waals surface area contributed by atoms with Crippen molar-refractivity contribution >= 4 is 10.8 Å². The van der Waals surface area contributed by atoms with Crippen LogP contribution in [-0.4, -0.2) is 38.9 Å². The number of fused-ring (bicyclic) bond motifs is 1. The SMILES string of the molecule is O=c1[nH]cnn1-c1cc2ccccc2c(COC2CCNC2)n1. The van der Waals surface area contributed by atoms with Gasteiger partial charge in [-0.15, -0.1) is 0 Å². The minimum atomic E-state index is -0.306. The number of ether oxygens (including phenoxy) is 1. The van der Waals surface area contributed by atoms with Crippen molar-refractivity contribution in [1.82, 2.24) is 25.1 Å². The Labute approximate surface area is 132 Å². The number of aromatic amines is 1. The lowest BCUT2D eigenvalue weighted by atomic mass is 10.1. The van der Waals surface area contributed by atoms with E-state index in [9.17, 15) is 4.79 Å². The summed E-state index contributed by atoms with van der Waals surface area (Å²) < 4.78 is 7.22. The van der Waals surface area contributed by atoms with Gasteiger partial charge in [0.2, 0.25) is 0 Å². The molecule has 1 fully saturated rings. The summed E-state index contributed by atoms with van der Waals surface area (Å²) in [5.74, 6) is 0.498. The van der Waals surface area contributed by atoms with E-state index < -0.39 is 0 Å². The van der Waals surface area contributed by atoms with Crippen molar-refractivity contribution in [3.63, 3.8) is 0 Å². The minimum Gasteiger partial charge on any atom is -0.371 e. The monoisotopic (exact) mass is 311 g/mol. The van der Waals surface area contributed by atoms with E-state index in [2.05, 4.69) is 20.4 Å². The summed E-state index contributed by atoms with van der Waals surface area (Å²) in [6.07, 6.45) is 2.59. The number of rotatable bonds is 4. The molecule has 1 aliphatic rings. The summed E-state index contributed by atoms with van der Waals surface area (Å²) in [5, 5.41) is 9.33.